The maximum atomic E-state index is 13.5. The summed E-state index contributed by atoms with van der Waals surface area (Å²) in [5.41, 5.74) is 0.863. The number of sulfonamides is 1. The Balaban J connectivity index is 1.56. The van der Waals surface area contributed by atoms with Crippen molar-refractivity contribution < 1.29 is 26.1 Å². The zero-order valence-corrected chi connectivity index (χ0v) is 18.9. The number of benzene rings is 1. The molecule has 2 heterocycles. The summed E-state index contributed by atoms with van der Waals surface area (Å²) in [6, 6.07) is 5.97. The molecule has 1 saturated heterocycles. The smallest absolute Gasteiger partial charge is 0.351 e. The highest BCUT2D eigenvalue weighted by Gasteiger charge is 2.37. The number of halogens is 3. The molecule has 6 nitrogen and oxygen atoms in total. The lowest BCUT2D eigenvalue weighted by atomic mass is 9.94. The number of aromatic nitrogens is 1. The number of rotatable bonds is 5. The average molecular weight is 472 g/mol. The van der Waals surface area contributed by atoms with Gasteiger partial charge in [-0.2, -0.15) is 17.5 Å². The summed E-state index contributed by atoms with van der Waals surface area (Å²) in [6.45, 7) is 4.07. The molecule has 10 heteroatoms. The van der Waals surface area contributed by atoms with Gasteiger partial charge in [-0.25, -0.2) is 8.42 Å². The van der Waals surface area contributed by atoms with Crippen LogP contribution in [0.1, 0.15) is 50.4 Å². The van der Waals surface area contributed by atoms with Crippen molar-refractivity contribution in [2.45, 2.75) is 62.6 Å². The number of alkyl halides is 3. The van der Waals surface area contributed by atoms with E-state index in [9.17, 15) is 21.6 Å². The molecule has 4 rings (SSSR count). The molecule has 0 bridgehead atoms. The van der Waals surface area contributed by atoms with Gasteiger partial charge in [0.25, 0.3) is 0 Å². The number of hydrogen-bond donors (Lipinski definition) is 0. The van der Waals surface area contributed by atoms with E-state index < -0.39 is 22.0 Å². The molecule has 0 spiro atoms. The fourth-order valence-corrected chi connectivity index (χ4v) is 6.43. The van der Waals surface area contributed by atoms with Crippen LogP contribution in [0.25, 0.3) is 11.3 Å². The zero-order valence-electron chi connectivity index (χ0n) is 18.1. The van der Waals surface area contributed by atoms with Crippen LogP contribution in [0.4, 0.5) is 13.2 Å². The van der Waals surface area contributed by atoms with Gasteiger partial charge in [0.15, 0.2) is 0 Å². The molecule has 1 aromatic carbocycles. The Morgan fingerprint density at radius 1 is 1.06 bits per heavy atom. The van der Waals surface area contributed by atoms with Crippen LogP contribution in [0.2, 0.25) is 0 Å². The summed E-state index contributed by atoms with van der Waals surface area (Å²) in [5.74, 6) is -1.21. The van der Waals surface area contributed by atoms with Crippen LogP contribution in [-0.4, -0.2) is 55.0 Å². The Bertz CT molecular complexity index is 1040. The van der Waals surface area contributed by atoms with E-state index in [4.69, 9.17) is 0 Å². The normalized spacial score (nSPS) is 20.0. The highest BCUT2D eigenvalue weighted by Crippen LogP contribution is 2.34. The van der Waals surface area contributed by atoms with E-state index in [0.717, 1.165) is 6.07 Å². The maximum Gasteiger partial charge on any atom is 0.452 e. The first-order valence-corrected chi connectivity index (χ1v) is 12.6. The number of piperazine rings is 1. The lowest BCUT2D eigenvalue weighted by molar-refractivity contribution is -0.155. The van der Waals surface area contributed by atoms with Crippen molar-refractivity contribution in [3.8, 4) is 11.3 Å². The number of hydrogen-bond acceptors (Lipinski definition) is 5. The van der Waals surface area contributed by atoms with Gasteiger partial charge in [0.1, 0.15) is 5.69 Å². The van der Waals surface area contributed by atoms with Gasteiger partial charge in [-0.3, -0.25) is 4.90 Å². The van der Waals surface area contributed by atoms with Crippen LogP contribution in [-0.2, 0) is 22.6 Å². The molecule has 1 saturated carbocycles. The summed E-state index contributed by atoms with van der Waals surface area (Å²) >= 11 is 0. The van der Waals surface area contributed by atoms with E-state index in [1.165, 1.54) is 42.5 Å². The van der Waals surface area contributed by atoms with Crippen LogP contribution in [0.5, 0.6) is 0 Å². The quantitative estimate of drug-likeness (QED) is 0.640. The summed E-state index contributed by atoms with van der Waals surface area (Å²) in [4.78, 5) is 2.52. The second kappa shape index (κ2) is 9.15. The minimum atomic E-state index is -4.65. The third-order valence-corrected chi connectivity index (χ3v) is 8.50. The Morgan fingerprint density at radius 2 is 1.75 bits per heavy atom. The molecule has 32 heavy (non-hydrogen) atoms. The standard InChI is InChI=1S/C22H28F3N3O3S/c1-2-16-8-9-17(19-15-21(31-26-19)22(23,24)25)14-20(16)32(29,30)28-12-10-27(11-13-28)18-6-4-3-5-7-18/h8-9,14-15,18H,2-7,10-13H2,1H3. The van der Waals surface area contributed by atoms with E-state index in [1.807, 2.05) is 6.92 Å². The van der Waals surface area contributed by atoms with Crippen molar-refractivity contribution in [2.24, 2.45) is 0 Å². The molecule has 0 N–H and O–H groups in total. The second-order valence-electron chi connectivity index (χ2n) is 8.48. The van der Waals surface area contributed by atoms with E-state index in [-0.39, 0.29) is 16.2 Å². The predicted molar refractivity (Wildman–Crippen MR) is 114 cm³/mol. The fraction of sp³-hybridized carbons (Fsp3) is 0.591. The molecule has 176 valence electrons. The van der Waals surface area contributed by atoms with E-state index in [2.05, 4.69) is 14.6 Å². The number of aryl methyl sites for hydroxylation is 1. The van der Waals surface area contributed by atoms with E-state index in [1.54, 1.807) is 12.1 Å². The molecule has 0 atom stereocenters. The summed E-state index contributed by atoms with van der Waals surface area (Å²) < 4.78 is 71.5. The minimum Gasteiger partial charge on any atom is -0.351 e. The molecule has 0 radical (unpaired) electrons. The summed E-state index contributed by atoms with van der Waals surface area (Å²) in [6.07, 6.45) is 1.92. The van der Waals surface area contributed by atoms with Gasteiger partial charge in [0, 0.05) is 43.9 Å². The zero-order chi connectivity index (χ0) is 22.9. The van der Waals surface area contributed by atoms with Crippen molar-refractivity contribution in [1.29, 1.82) is 0 Å². The molecule has 1 aromatic heterocycles. The van der Waals surface area contributed by atoms with Crippen molar-refractivity contribution in [1.82, 2.24) is 14.4 Å². The monoisotopic (exact) mass is 471 g/mol. The van der Waals surface area contributed by atoms with Gasteiger partial charge in [-0.05, 0) is 30.9 Å². The van der Waals surface area contributed by atoms with Gasteiger partial charge in [0.05, 0.1) is 4.90 Å². The summed E-state index contributed by atoms with van der Waals surface area (Å²) in [7, 11) is -3.78. The first-order chi connectivity index (χ1) is 15.2. The van der Waals surface area contributed by atoms with Crippen LogP contribution in [0, 0.1) is 0 Å². The van der Waals surface area contributed by atoms with Gasteiger partial charge >= 0.3 is 6.18 Å². The van der Waals surface area contributed by atoms with Crippen LogP contribution in [0.15, 0.2) is 33.7 Å². The van der Waals surface area contributed by atoms with Crippen molar-refractivity contribution in [3.63, 3.8) is 0 Å². The molecule has 0 unspecified atom stereocenters. The van der Waals surface area contributed by atoms with Crippen LogP contribution in [0.3, 0.4) is 0 Å². The van der Waals surface area contributed by atoms with Gasteiger partial charge < -0.3 is 4.52 Å². The van der Waals surface area contributed by atoms with Gasteiger partial charge in [-0.15, -0.1) is 0 Å². The molecule has 1 aliphatic carbocycles. The van der Waals surface area contributed by atoms with Crippen molar-refractivity contribution in [3.05, 3.63) is 35.6 Å². The van der Waals surface area contributed by atoms with E-state index >= 15 is 0 Å². The highest BCUT2D eigenvalue weighted by atomic mass is 32.2. The molecular formula is C22H28F3N3O3S. The van der Waals surface area contributed by atoms with Crippen LogP contribution >= 0.6 is 0 Å². The molecule has 1 aliphatic heterocycles. The topological polar surface area (TPSA) is 66.7 Å². The van der Waals surface area contributed by atoms with E-state index in [0.29, 0.717) is 44.2 Å². The lowest BCUT2D eigenvalue weighted by Gasteiger charge is -2.40. The van der Waals surface area contributed by atoms with Gasteiger partial charge in [0.2, 0.25) is 15.8 Å². The first kappa shape index (κ1) is 23.3. The average Bonchev–Trinajstić information content (AvgIpc) is 3.30. The van der Waals surface area contributed by atoms with Crippen molar-refractivity contribution >= 4 is 10.0 Å². The Hall–Kier alpha value is -1.91. The minimum absolute atomic E-state index is 0.0430. The third-order valence-electron chi connectivity index (χ3n) is 6.52. The summed E-state index contributed by atoms with van der Waals surface area (Å²) in [5, 5.41) is 3.50. The highest BCUT2D eigenvalue weighted by molar-refractivity contribution is 7.89. The van der Waals surface area contributed by atoms with Crippen molar-refractivity contribution in [2.75, 3.05) is 26.2 Å². The molecular weight excluding hydrogens is 443 g/mol. The largest absolute Gasteiger partial charge is 0.452 e. The Kier molecular flexibility index (Phi) is 6.65. The van der Waals surface area contributed by atoms with Gasteiger partial charge in [-0.1, -0.05) is 43.5 Å². The fourth-order valence-electron chi connectivity index (χ4n) is 4.69. The third kappa shape index (κ3) is 4.72. The molecule has 2 aliphatic rings. The lowest BCUT2D eigenvalue weighted by Crippen LogP contribution is -2.52. The SMILES string of the molecule is CCc1ccc(-c2cc(C(F)(F)F)on2)cc1S(=O)(=O)N1CCN(C2CCCCC2)CC1. The first-order valence-electron chi connectivity index (χ1n) is 11.1. The molecule has 2 aromatic rings. The van der Waals surface area contributed by atoms with Crippen LogP contribution < -0.4 is 0 Å². The number of nitrogens with zero attached hydrogens (tertiary/aromatic N) is 3. The Labute approximate surface area is 186 Å². The molecule has 0 amide bonds. The maximum absolute atomic E-state index is 13.5. The Morgan fingerprint density at radius 3 is 2.34 bits per heavy atom. The molecule has 2 fully saturated rings. The predicted octanol–water partition coefficient (Wildman–Crippen LogP) is 4.56. The second-order valence-corrected chi connectivity index (χ2v) is 10.4.